The van der Waals surface area contributed by atoms with Gasteiger partial charge < -0.3 is 14.4 Å². The molecule has 2 aromatic rings. The highest BCUT2D eigenvalue weighted by Crippen LogP contribution is 2.20. The number of methoxy groups -OCH3 is 1. The SMILES string of the molecule is CCCC(O)c1ccn(Cc2cccnc2OC)c1. The van der Waals surface area contributed by atoms with Crippen LogP contribution in [0, 0.1) is 0 Å². The normalized spacial score (nSPS) is 12.4. The van der Waals surface area contributed by atoms with Crippen LogP contribution in [-0.2, 0) is 6.54 Å². The zero-order valence-corrected chi connectivity index (χ0v) is 11.4. The van der Waals surface area contributed by atoms with E-state index < -0.39 is 0 Å². The standard InChI is InChI=1S/C15H20N2O2/c1-3-5-14(18)12-7-9-17(10-12)11-13-6-4-8-16-15(13)19-2/h4,6-10,14,18H,3,5,11H2,1-2H3. The molecule has 0 bridgehead atoms. The van der Waals surface area contributed by atoms with Crippen LogP contribution < -0.4 is 4.74 Å². The summed E-state index contributed by atoms with van der Waals surface area (Å²) in [4.78, 5) is 4.18. The van der Waals surface area contributed by atoms with Gasteiger partial charge in [0.1, 0.15) is 0 Å². The van der Waals surface area contributed by atoms with E-state index in [1.54, 1.807) is 13.3 Å². The molecule has 0 aliphatic carbocycles. The third-order valence-electron chi connectivity index (χ3n) is 3.12. The van der Waals surface area contributed by atoms with E-state index in [1.807, 2.05) is 35.2 Å². The number of nitrogens with zero attached hydrogens (tertiary/aromatic N) is 2. The summed E-state index contributed by atoms with van der Waals surface area (Å²) in [5.74, 6) is 0.645. The molecular weight excluding hydrogens is 240 g/mol. The number of aromatic nitrogens is 2. The molecule has 0 saturated heterocycles. The Balaban J connectivity index is 2.11. The van der Waals surface area contributed by atoms with E-state index in [-0.39, 0.29) is 6.10 Å². The molecule has 102 valence electrons. The summed E-state index contributed by atoms with van der Waals surface area (Å²) in [7, 11) is 1.62. The third-order valence-corrected chi connectivity index (χ3v) is 3.12. The van der Waals surface area contributed by atoms with Gasteiger partial charge in [-0.25, -0.2) is 4.98 Å². The highest BCUT2D eigenvalue weighted by atomic mass is 16.5. The fourth-order valence-corrected chi connectivity index (χ4v) is 2.12. The highest BCUT2D eigenvalue weighted by Gasteiger charge is 2.09. The third kappa shape index (κ3) is 3.35. The van der Waals surface area contributed by atoms with Crippen molar-refractivity contribution in [3.05, 3.63) is 47.9 Å². The summed E-state index contributed by atoms with van der Waals surface area (Å²) >= 11 is 0. The van der Waals surface area contributed by atoms with Crippen molar-refractivity contribution in [2.45, 2.75) is 32.4 Å². The van der Waals surface area contributed by atoms with Crippen molar-refractivity contribution in [2.24, 2.45) is 0 Å². The Morgan fingerprint density at radius 2 is 2.26 bits per heavy atom. The largest absolute Gasteiger partial charge is 0.481 e. The summed E-state index contributed by atoms with van der Waals surface area (Å²) in [6.45, 7) is 2.76. The van der Waals surface area contributed by atoms with Crippen molar-refractivity contribution in [2.75, 3.05) is 7.11 Å². The lowest BCUT2D eigenvalue weighted by Crippen LogP contribution is -2.01. The van der Waals surface area contributed by atoms with Crippen LogP contribution in [0.5, 0.6) is 5.88 Å². The monoisotopic (exact) mass is 260 g/mol. The summed E-state index contributed by atoms with van der Waals surface area (Å²) in [6.07, 6.45) is 7.06. The average Bonchev–Trinajstić information content (AvgIpc) is 2.88. The Labute approximate surface area is 113 Å². The van der Waals surface area contributed by atoms with Crippen molar-refractivity contribution in [3.63, 3.8) is 0 Å². The molecule has 0 saturated carbocycles. The molecule has 0 spiro atoms. The first-order chi connectivity index (χ1) is 9.24. The maximum Gasteiger partial charge on any atom is 0.218 e. The van der Waals surface area contributed by atoms with Gasteiger partial charge in [0.15, 0.2) is 0 Å². The molecular formula is C15H20N2O2. The summed E-state index contributed by atoms with van der Waals surface area (Å²) < 4.78 is 7.27. The second kappa shape index (κ2) is 6.38. The van der Waals surface area contributed by atoms with Gasteiger partial charge in [0.25, 0.3) is 0 Å². The maximum absolute atomic E-state index is 9.95. The Morgan fingerprint density at radius 1 is 1.42 bits per heavy atom. The van der Waals surface area contributed by atoms with E-state index in [4.69, 9.17) is 4.74 Å². The lowest BCUT2D eigenvalue weighted by molar-refractivity contribution is 0.166. The minimum Gasteiger partial charge on any atom is -0.481 e. The number of hydrogen-bond donors (Lipinski definition) is 1. The molecule has 0 fully saturated rings. The molecule has 1 unspecified atom stereocenters. The van der Waals surface area contributed by atoms with E-state index in [0.717, 1.165) is 24.0 Å². The molecule has 2 heterocycles. The molecule has 0 amide bonds. The van der Waals surface area contributed by atoms with Crippen LogP contribution in [0.25, 0.3) is 0 Å². The first-order valence-corrected chi connectivity index (χ1v) is 6.56. The Hall–Kier alpha value is -1.81. The van der Waals surface area contributed by atoms with E-state index >= 15 is 0 Å². The van der Waals surface area contributed by atoms with Crippen LogP contribution in [-0.4, -0.2) is 21.8 Å². The Bertz CT molecular complexity index is 522. The van der Waals surface area contributed by atoms with E-state index in [2.05, 4.69) is 11.9 Å². The van der Waals surface area contributed by atoms with E-state index in [1.165, 1.54) is 0 Å². The van der Waals surface area contributed by atoms with Gasteiger partial charge in [-0.15, -0.1) is 0 Å². The number of hydrogen-bond acceptors (Lipinski definition) is 3. The number of rotatable bonds is 6. The molecule has 0 aliphatic rings. The quantitative estimate of drug-likeness (QED) is 0.868. The van der Waals surface area contributed by atoms with Crippen LogP contribution in [0.3, 0.4) is 0 Å². The number of pyridine rings is 1. The molecule has 4 heteroatoms. The number of aliphatic hydroxyl groups excluding tert-OH is 1. The smallest absolute Gasteiger partial charge is 0.218 e. The van der Waals surface area contributed by atoms with Crippen LogP contribution in [0.1, 0.15) is 37.0 Å². The first-order valence-electron chi connectivity index (χ1n) is 6.56. The van der Waals surface area contributed by atoms with Gasteiger partial charge in [0.05, 0.1) is 19.8 Å². The molecule has 0 radical (unpaired) electrons. The lowest BCUT2D eigenvalue weighted by atomic mass is 10.1. The van der Waals surface area contributed by atoms with Gasteiger partial charge in [-0.3, -0.25) is 0 Å². The predicted molar refractivity (Wildman–Crippen MR) is 74.2 cm³/mol. The topological polar surface area (TPSA) is 47.3 Å². The lowest BCUT2D eigenvalue weighted by Gasteiger charge is -2.08. The molecule has 2 aromatic heterocycles. The van der Waals surface area contributed by atoms with Crippen LogP contribution >= 0.6 is 0 Å². The van der Waals surface area contributed by atoms with Gasteiger partial charge in [0.2, 0.25) is 5.88 Å². The van der Waals surface area contributed by atoms with Gasteiger partial charge >= 0.3 is 0 Å². The fourth-order valence-electron chi connectivity index (χ4n) is 2.12. The fraction of sp³-hybridized carbons (Fsp3) is 0.400. The molecule has 0 aliphatic heterocycles. The molecule has 0 aromatic carbocycles. The predicted octanol–water partition coefficient (Wildman–Crippen LogP) is 2.77. The van der Waals surface area contributed by atoms with Crippen LogP contribution in [0.4, 0.5) is 0 Å². The molecule has 19 heavy (non-hydrogen) atoms. The van der Waals surface area contributed by atoms with Crippen LogP contribution in [0.2, 0.25) is 0 Å². The number of aliphatic hydroxyl groups is 1. The molecule has 1 N–H and O–H groups in total. The van der Waals surface area contributed by atoms with E-state index in [9.17, 15) is 5.11 Å². The van der Waals surface area contributed by atoms with Crippen LogP contribution in [0.15, 0.2) is 36.8 Å². The van der Waals surface area contributed by atoms with Gasteiger partial charge in [-0.2, -0.15) is 0 Å². The summed E-state index contributed by atoms with van der Waals surface area (Å²) in [5, 5.41) is 9.95. The minimum atomic E-state index is -0.373. The van der Waals surface area contributed by atoms with Gasteiger partial charge in [-0.05, 0) is 24.1 Å². The van der Waals surface area contributed by atoms with Crippen molar-refractivity contribution in [3.8, 4) is 5.88 Å². The summed E-state index contributed by atoms with van der Waals surface area (Å²) in [5.41, 5.74) is 1.99. The van der Waals surface area contributed by atoms with Gasteiger partial charge in [0, 0.05) is 24.2 Å². The Morgan fingerprint density at radius 3 is 3.00 bits per heavy atom. The second-order valence-electron chi connectivity index (χ2n) is 4.59. The molecule has 4 nitrogen and oxygen atoms in total. The zero-order valence-electron chi connectivity index (χ0n) is 11.4. The number of ether oxygens (including phenoxy) is 1. The highest BCUT2D eigenvalue weighted by molar-refractivity contribution is 5.26. The summed E-state index contributed by atoms with van der Waals surface area (Å²) in [6, 6.07) is 5.85. The minimum absolute atomic E-state index is 0.373. The first kappa shape index (κ1) is 13.6. The molecule has 1 atom stereocenters. The van der Waals surface area contributed by atoms with Crippen molar-refractivity contribution in [1.29, 1.82) is 0 Å². The van der Waals surface area contributed by atoms with E-state index in [0.29, 0.717) is 12.4 Å². The average molecular weight is 260 g/mol. The van der Waals surface area contributed by atoms with Gasteiger partial charge in [-0.1, -0.05) is 19.4 Å². The Kier molecular flexibility index (Phi) is 4.58. The van der Waals surface area contributed by atoms with Crippen molar-refractivity contribution < 1.29 is 9.84 Å². The zero-order chi connectivity index (χ0) is 13.7. The van der Waals surface area contributed by atoms with Crippen molar-refractivity contribution >= 4 is 0 Å². The maximum atomic E-state index is 9.95. The van der Waals surface area contributed by atoms with Crippen molar-refractivity contribution in [1.82, 2.24) is 9.55 Å². The second-order valence-corrected chi connectivity index (χ2v) is 4.59. The molecule has 2 rings (SSSR count).